The predicted octanol–water partition coefficient (Wildman–Crippen LogP) is 4.30. The monoisotopic (exact) mass is 278 g/mol. The molecular formula is C14H15ClN2S. The smallest absolute Gasteiger partial charge is 0.119 e. The molecule has 0 spiro atoms. The van der Waals surface area contributed by atoms with Crippen LogP contribution in [0.1, 0.15) is 24.9 Å². The summed E-state index contributed by atoms with van der Waals surface area (Å²) in [7, 11) is 0. The molecule has 1 atom stereocenters. The van der Waals surface area contributed by atoms with E-state index in [-0.39, 0.29) is 6.04 Å². The number of hydrogen-bond acceptors (Lipinski definition) is 3. The molecule has 94 valence electrons. The molecule has 0 aliphatic heterocycles. The molecule has 0 aliphatic carbocycles. The summed E-state index contributed by atoms with van der Waals surface area (Å²) in [4.78, 5) is 5.41. The molecule has 0 aliphatic rings. The molecule has 2 rings (SSSR count). The minimum Gasteiger partial charge on any atom is -0.324 e. The lowest BCUT2D eigenvalue weighted by molar-refractivity contribution is 0.685. The van der Waals surface area contributed by atoms with E-state index in [2.05, 4.69) is 24.0 Å². The Balaban J connectivity index is 2.32. The van der Waals surface area contributed by atoms with Crippen LogP contribution in [0.3, 0.4) is 0 Å². The summed E-state index contributed by atoms with van der Waals surface area (Å²) < 4.78 is 0. The van der Waals surface area contributed by atoms with E-state index >= 15 is 0 Å². The van der Waals surface area contributed by atoms with Gasteiger partial charge in [-0.3, -0.25) is 0 Å². The van der Waals surface area contributed by atoms with E-state index in [9.17, 15) is 0 Å². The molecule has 1 aromatic carbocycles. The summed E-state index contributed by atoms with van der Waals surface area (Å²) in [5.41, 5.74) is 7.27. The van der Waals surface area contributed by atoms with E-state index in [1.54, 1.807) is 18.0 Å². The molecule has 0 fully saturated rings. The van der Waals surface area contributed by atoms with Crippen LogP contribution >= 0.6 is 23.4 Å². The Morgan fingerprint density at radius 1 is 1.28 bits per heavy atom. The summed E-state index contributed by atoms with van der Waals surface area (Å²) in [6.45, 7) is 2.08. The molecule has 0 saturated carbocycles. The van der Waals surface area contributed by atoms with E-state index in [0.717, 1.165) is 21.9 Å². The van der Waals surface area contributed by atoms with Gasteiger partial charge >= 0.3 is 0 Å². The average molecular weight is 279 g/mol. The first-order valence-electron chi connectivity index (χ1n) is 5.85. The first-order valence-corrected chi connectivity index (χ1v) is 7.04. The average Bonchev–Trinajstić information content (AvgIpc) is 2.41. The van der Waals surface area contributed by atoms with E-state index in [1.807, 2.05) is 24.3 Å². The van der Waals surface area contributed by atoms with Gasteiger partial charge in [0.2, 0.25) is 0 Å². The van der Waals surface area contributed by atoms with Crippen molar-refractivity contribution in [2.24, 2.45) is 5.73 Å². The lowest BCUT2D eigenvalue weighted by Gasteiger charge is -2.14. The Hall–Kier alpha value is -1.03. The molecule has 1 heterocycles. The second-order valence-corrected chi connectivity index (χ2v) is 5.38. The molecule has 2 N–H and O–H groups in total. The van der Waals surface area contributed by atoms with Crippen molar-refractivity contribution in [3.63, 3.8) is 0 Å². The van der Waals surface area contributed by atoms with Gasteiger partial charge in [-0.15, -0.1) is 0 Å². The highest BCUT2D eigenvalue weighted by molar-refractivity contribution is 7.99. The van der Waals surface area contributed by atoms with Gasteiger partial charge in [-0.05, 0) is 30.2 Å². The molecule has 0 amide bonds. The number of aromatic nitrogens is 1. The molecule has 1 aromatic heterocycles. The quantitative estimate of drug-likeness (QED) is 0.906. The van der Waals surface area contributed by atoms with Crippen molar-refractivity contribution in [1.82, 2.24) is 4.98 Å². The summed E-state index contributed by atoms with van der Waals surface area (Å²) in [6.07, 6.45) is 2.66. The van der Waals surface area contributed by atoms with E-state index < -0.39 is 0 Å². The maximum absolute atomic E-state index is 6.13. The fraction of sp³-hybridized carbons (Fsp3) is 0.214. The van der Waals surface area contributed by atoms with Crippen LogP contribution in [-0.4, -0.2) is 4.98 Å². The van der Waals surface area contributed by atoms with Gasteiger partial charge in [0.05, 0.1) is 5.02 Å². The molecule has 0 saturated heterocycles. The van der Waals surface area contributed by atoms with Crippen molar-refractivity contribution in [3.05, 3.63) is 53.2 Å². The summed E-state index contributed by atoms with van der Waals surface area (Å²) in [5, 5.41) is 1.48. The highest BCUT2D eigenvalue weighted by atomic mass is 35.5. The molecule has 0 unspecified atom stereocenters. The van der Waals surface area contributed by atoms with Crippen LogP contribution in [0.4, 0.5) is 0 Å². The van der Waals surface area contributed by atoms with E-state index in [1.165, 1.54) is 0 Å². The Kier molecular flexibility index (Phi) is 4.64. The number of rotatable bonds is 4. The van der Waals surface area contributed by atoms with Crippen LogP contribution in [0.15, 0.2) is 52.5 Å². The molecular weight excluding hydrogens is 264 g/mol. The first-order chi connectivity index (χ1) is 8.72. The molecule has 2 aromatic rings. The van der Waals surface area contributed by atoms with Crippen LogP contribution in [0.2, 0.25) is 5.02 Å². The minimum absolute atomic E-state index is 0.0520. The second kappa shape index (κ2) is 6.23. The maximum Gasteiger partial charge on any atom is 0.119 e. The third kappa shape index (κ3) is 3.05. The number of hydrogen-bond donors (Lipinski definition) is 1. The molecule has 2 nitrogen and oxygen atoms in total. The van der Waals surface area contributed by atoms with E-state index in [4.69, 9.17) is 17.3 Å². The topological polar surface area (TPSA) is 38.9 Å². The molecule has 4 heteroatoms. The third-order valence-corrected chi connectivity index (χ3v) is 4.22. The first kappa shape index (κ1) is 13.4. The second-order valence-electron chi connectivity index (χ2n) is 3.95. The zero-order valence-electron chi connectivity index (χ0n) is 10.1. The standard InChI is InChI=1S/C14H15ClN2S/c1-2-12(16)10-6-3-4-8-13(10)18-14-11(15)7-5-9-17-14/h3-9,12H,2,16H2,1H3/t12-/m1/s1. The molecule has 18 heavy (non-hydrogen) atoms. The van der Waals surface area contributed by atoms with Crippen molar-refractivity contribution in [1.29, 1.82) is 0 Å². The maximum atomic E-state index is 6.13. The largest absolute Gasteiger partial charge is 0.324 e. The normalized spacial score (nSPS) is 12.4. The zero-order valence-corrected chi connectivity index (χ0v) is 11.7. The van der Waals surface area contributed by atoms with Gasteiger partial charge in [0.25, 0.3) is 0 Å². The van der Waals surface area contributed by atoms with Crippen LogP contribution < -0.4 is 5.73 Å². The van der Waals surface area contributed by atoms with Gasteiger partial charge in [0.1, 0.15) is 5.03 Å². The summed E-state index contributed by atoms with van der Waals surface area (Å²) in [5.74, 6) is 0. The van der Waals surface area contributed by atoms with E-state index in [0.29, 0.717) is 5.02 Å². The van der Waals surface area contributed by atoms with Crippen LogP contribution in [0.25, 0.3) is 0 Å². The summed E-state index contributed by atoms with van der Waals surface area (Å²) in [6, 6.07) is 11.9. The van der Waals surface area contributed by atoms with Gasteiger partial charge in [-0.25, -0.2) is 4.98 Å². The highest BCUT2D eigenvalue weighted by Crippen LogP contribution is 2.35. The number of nitrogens with two attached hydrogens (primary N) is 1. The fourth-order valence-corrected chi connectivity index (χ4v) is 2.86. The Morgan fingerprint density at radius 2 is 2.06 bits per heavy atom. The zero-order chi connectivity index (χ0) is 13.0. The van der Waals surface area contributed by atoms with Gasteiger partial charge in [0, 0.05) is 17.1 Å². The molecule has 0 radical (unpaired) electrons. The predicted molar refractivity (Wildman–Crippen MR) is 77.0 cm³/mol. The van der Waals surface area contributed by atoms with Crippen molar-refractivity contribution in [3.8, 4) is 0 Å². The van der Waals surface area contributed by atoms with Crippen molar-refractivity contribution in [2.75, 3.05) is 0 Å². The lowest BCUT2D eigenvalue weighted by Crippen LogP contribution is -2.09. The molecule has 0 bridgehead atoms. The van der Waals surface area contributed by atoms with Crippen LogP contribution in [0.5, 0.6) is 0 Å². The van der Waals surface area contributed by atoms with Gasteiger partial charge in [-0.2, -0.15) is 0 Å². The Morgan fingerprint density at radius 3 is 2.78 bits per heavy atom. The van der Waals surface area contributed by atoms with Gasteiger partial charge in [-0.1, -0.05) is 48.5 Å². The van der Waals surface area contributed by atoms with Crippen molar-refractivity contribution < 1.29 is 0 Å². The number of pyridine rings is 1. The SMILES string of the molecule is CC[C@@H](N)c1ccccc1Sc1ncccc1Cl. The summed E-state index contributed by atoms with van der Waals surface area (Å²) >= 11 is 7.69. The van der Waals surface area contributed by atoms with Crippen LogP contribution in [-0.2, 0) is 0 Å². The Bertz CT molecular complexity index is 531. The van der Waals surface area contributed by atoms with Gasteiger partial charge in [0.15, 0.2) is 0 Å². The van der Waals surface area contributed by atoms with Gasteiger partial charge < -0.3 is 5.73 Å². The van der Waals surface area contributed by atoms with Crippen molar-refractivity contribution >= 4 is 23.4 Å². The minimum atomic E-state index is 0.0520. The fourth-order valence-electron chi connectivity index (χ4n) is 1.65. The van der Waals surface area contributed by atoms with Crippen LogP contribution in [0, 0.1) is 0 Å². The van der Waals surface area contributed by atoms with Crippen molar-refractivity contribution in [2.45, 2.75) is 29.3 Å². The highest BCUT2D eigenvalue weighted by Gasteiger charge is 2.11. The number of nitrogens with zero attached hydrogens (tertiary/aromatic N) is 1. The Labute approximate surface area is 117 Å². The third-order valence-electron chi connectivity index (χ3n) is 2.69. The number of benzene rings is 1. The lowest BCUT2D eigenvalue weighted by atomic mass is 10.1. The number of halogens is 1.